The minimum atomic E-state index is -0.620. The van der Waals surface area contributed by atoms with E-state index in [9.17, 15) is 15.3 Å². The molecular formula is C21H24N2O6. The summed E-state index contributed by atoms with van der Waals surface area (Å²) in [6.07, 6.45) is 0. The number of phenols is 3. The van der Waals surface area contributed by atoms with Crippen molar-refractivity contribution in [2.45, 2.75) is 0 Å². The second-order valence-corrected chi connectivity index (χ2v) is 6.22. The van der Waals surface area contributed by atoms with Crippen LogP contribution in [0.4, 0.5) is 0 Å². The average Bonchev–Trinajstić information content (AvgIpc) is 2.74. The van der Waals surface area contributed by atoms with Gasteiger partial charge in [-0.15, -0.1) is 0 Å². The molecule has 0 aliphatic heterocycles. The van der Waals surface area contributed by atoms with Crippen molar-refractivity contribution in [1.82, 2.24) is 0 Å². The van der Waals surface area contributed by atoms with Gasteiger partial charge in [-0.25, -0.2) is 0 Å². The fourth-order valence-corrected chi connectivity index (χ4v) is 2.80. The van der Waals surface area contributed by atoms with Gasteiger partial charge in [0.1, 0.15) is 11.3 Å². The molecule has 0 fully saturated rings. The smallest absolute Gasteiger partial charge is 0.201 e. The molecule has 3 aromatic rings. The fraction of sp³-hybridized carbons (Fsp3) is 0.286. The molecule has 0 aliphatic carbocycles. The van der Waals surface area contributed by atoms with Crippen LogP contribution in [0.2, 0.25) is 0 Å². The molecule has 1 aromatic heterocycles. The molecule has 8 nitrogen and oxygen atoms in total. The van der Waals surface area contributed by atoms with Gasteiger partial charge in [-0.3, -0.25) is 4.99 Å². The molecule has 0 saturated carbocycles. The average molecular weight is 400 g/mol. The predicted molar refractivity (Wildman–Crippen MR) is 108 cm³/mol. The van der Waals surface area contributed by atoms with E-state index in [1.54, 1.807) is 6.07 Å². The van der Waals surface area contributed by atoms with Crippen molar-refractivity contribution in [3.05, 3.63) is 47.8 Å². The first kappa shape index (κ1) is 20.7. The van der Waals surface area contributed by atoms with Gasteiger partial charge >= 0.3 is 0 Å². The van der Waals surface area contributed by atoms with Gasteiger partial charge in [0, 0.05) is 24.2 Å². The molecule has 29 heavy (non-hydrogen) atoms. The number of ether oxygens (including phenoxy) is 2. The summed E-state index contributed by atoms with van der Waals surface area (Å²) in [5.74, 6) is -1.07. The molecule has 0 spiro atoms. The summed E-state index contributed by atoms with van der Waals surface area (Å²) in [7, 11) is 0. The molecule has 0 bridgehead atoms. The SMILES string of the molecule is NCCOCCOCC/N=c1/cc(-c2ccccc2)oc2cc(O)c(O)c(O)c12. The van der Waals surface area contributed by atoms with Crippen LogP contribution in [0, 0.1) is 0 Å². The third-order valence-electron chi connectivity index (χ3n) is 4.17. The molecule has 0 atom stereocenters. The van der Waals surface area contributed by atoms with Crippen molar-refractivity contribution in [3.8, 4) is 28.6 Å². The molecule has 0 unspecified atom stereocenters. The van der Waals surface area contributed by atoms with Crippen LogP contribution < -0.4 is 11.1 Å². The topological polar surface area (TPSA) is 131 Å². The van der Waals surface area contributed by atoms with E-state index in [-0.39, 0.29) is 11.0 Å². The van der Waals surface area contributed by atoms with E-state index in [1.165, 1.54) is 6.07 Å². The maximum atomic E-state index is 10.3. The van der Waals surface area contributed by atoms with Crippen molar-refractivity contribution in [2.24, 2.45) is 10.7 Å². The number of hydrogen-bond donors (Lipinski definition) is 4. The highest BCUT2D eigenvalue weighted by molar-refractivity contribution is 5.89. The lowest BCUT2D eigenvalue weighted by Crippen LogP contribution is -2.13. The third-order valence-corrected chi connectivity index (χ3v) is 4.17. The number of aromatic hydroxyl groups is 3. The Hall–Kier alpha value is -3.07. The van der Waals surface area contributed by atoms with E-state index in [2.05, 4.69) is 4.99 Å². The van der Waals surface area contributed by atoms with Gasteiger partial charge in [0.15, 0.2) is 11.5 Å². The van der Waals surface area contributed by atoms with Gasteiger partial charge in [0.25, 0.3) is 0 Å². The van der Waals surface area contributed by atoms with E-state index in [0.717, 1.165) is 5.56 Å². The van der Waals surface area contributed by atoms with Gasteiger partial charge in [0.2, 0.25) is 5.75 Å². The molecule has 0 aliphatic rings. The van der Waals surface area contributed by atoms with Crippen LogP contribution in [0.1, 0.15) is 0 Å². The van der Waals surface area contributed by atoms with E-state index < -0.39 is 17.2 Å². The Morgan fingerprint density at radius 3 is 2.34 bits per heavy atom. The fourth-order valence-electron chi connectivity index (χ4n) is 2.80. The van der Waals surface area contributed by atoms with Crippen molar-refractivity contribution in [1.29, 1.82) is 0 Å². The molecule has 0 radical (unpaired) electrons. The molecule has 3 rings (SSSR count). The second-order valence-electron chi connectivity index (χ2n) is 6.22. The Labute approximate surface area is 167 Å². The maximum absolute atomic E-state index is 10.3. The lowest BCUT2D eigenvalue weighted by atomic mass is 10.1. The van der Waals surface area contributed by atoms with Gasteiger partial charge in [-0.05, 0) is 0 Å². The lowest BCUT2D eigenvalue weighted by molar-refractivity contribution is 0.0538. The summed E-state index contributed by atoms with van der Waals surface area (Å²) >= 11 is 0. The van der Waals surface area contributed by atoms with Crippen molar-refractivity contribution in [3.63, 3.8) is 0 Å². The quantitative estimate of drug-likeness (QED) is 0.320. The van der Waals surface area contributed by atoms with Crippen molar-refractivity contribution < 1.29 is 29.2 Å². The molecule has 8 heteroatoms. The van der Waals surface area contributed by atoms with Crippen LogP contribution in [-0.4, -0.2) is 54.8 Å². The Morgan fingerprint density at radius 1 is 0.897 bits per heavy atom. The molecule has 1 heterocycles. The zero-order valence-electron chi connectivity index (χ0n) is 15.9. The number of benzene rings is 2. The zero-order chi connectivity index (χ0) is 20.6. The van der Waals surface area contributed by atoms with Gasteiger partial charge in [-0.2, -0.15) is 0 Å². The highest BCUT2D eigenvalue weighted by Crippen LogP contribution is 2.40. The number of rotatable bonds is 9. The number of fused-ring (bicyclic) bond motifs is 1. The summed E-state index contributed by atoms with van der Waals surface area (Å²) in [5, 5.41) is 30.7. The van der Waals surface area contributed by atoms with E-state index >= 15 is 0 Å². The second kappa shape index (κ2) is 9.92. The van der Waals surface area contributed by atoms with Gasteiger partial charge < -0.3 is 34.9 Å². The molecule has 5 N–H and O–H groups in total. The number of phenolic OH excluding ortho intramolecular Hbond substituents is 3. The third kappa shape index (κ3) is 5.05. The monoisotopic (exact) mass is 400 g/mol. The van der Waals surface area contributed by atoms with Crippen molar-refractivity contribution >= 4 is 11.0 Å². The van der Waals surface area contributed by atoms with Crippen LogP contribution in [0.3, 0.4) is 0 Å². The van der Waals surface area contributed by atoms with Gasteiger partial charge in [-0.1, -0.05) is 30.3 Å². The maximum Gasteiger partial charge on any atom is 0.201 e. The van der Waals surface area contributed by atoms with Gasteiger partial charge in [0.05, 0.1) is 43.7 Å². The largest absolute Gasteiger partial charge is 0.504 e. The van der Waals surface area contributed by atoms with Crippen LogP contribution in [0.5, 0.6) is 17.2 Å². The number of hydrogen-bond acceptors (Lipinski definition) is 8. The first-order chi connectivity index (χ1) is 14.1. The summed E-state index contributed by atoms with van der Waals surface area (Å²) < 4.78 is 16.5. The summed E-state index contributed by atoms with van der Waals surface area (Å²) in [5.41, 5.74) is 6.36. The van der Waals surface area contributed by atoms with Crippen LogP contribution in [0.25, 0.3) is 22.3 Å². The molecule has 0 saturated heterocycles. The molecule has 2 aromatic carbocycles. The van der Waals surface area contributed by atoms with Crippen LogP contribution >= 0.6 is 0 Å². The molecular weight excluding hydrogens is 376 g/mol. The molecule has 154 valence electrons. The Kier molecular flexibility index (Phi) is 7.07. The number of nitrogens with two attached hydrogens (primary N) is 1. The van der Waals surface area contributed by atoms with E-state index in [1.807, 2.05) is 30.3 Å². The Balaban J connectivity index is 1.90. The Bertz CT molecular complexity index is 1020. The highest BCUT2D eigenvalue weighted by atomic mass is 16.5. The predicted octanol–water partition coefficient (Wildman–Crippen LogP) is 2.11. The first-order valence-electron chi connectivity index (χ1n) is 9.25. The summed E-state index contributed by atoms with van der Waals surface area (Å²) in [4.78, 5) is 4.49. The zero-order valence-corrected chi connectivity index (χ0v) is 15.9. The highest BCUT2D eigenvalue weighted by Gasteiger charge is 2.16. The lowest BCUT2D eigenvalue weighted by Gasteiger charge is -2.09. The van der Waals surface area contributed by atoms with Crippen molar-refractivity contribution in [2.75, 3.05) is 39.5 Å². The first-order valence-corrected chi connectivity index (χ1v) is 9.25. The summed E-state index contributed by atoms with van der Waals surface area (Å²) in [6, 6.07) is 12.3. The van der Waals surface area contributed by atoms with E-state index in [4.69, 9.17) is 19.6 Å². The van der Waals surface area contributed by atoms with E-state index in [0.29, 0.717) is 50.6 Å². The Morgan fingerprint density at radius 2 is 1.62 bits per heavy atom. The molecule has 0 amide bonds. The van der Waals surface area contributed by atoms with Crippen LogP contribution in [-0.2, 0) is 9.47 Å². The van der Waals surface area contributed by atoms with Crippen LogP contribution in [0.15, 0.2) is 51.9 Å². The minimum Gasteiger partial charge on any atom is -0.504 e. The normalized spacial score (nSPS) is 12.0. The number of nitrogens with zero attached hydrogens (tertiary/aromatic N) is 1. The summed E-state index contributed by atoms with van der Waals surface area (Å²) in [6.45, 7) is 2.52. The minimum absolute atomic E-state index is 0.203. The standard InChI is InChI=1S/C21H24N2O6/c22-6-8-27-10-11-28-9-7-23-15-12-17(14-4-2-1-3-5-14)29-18-13-16(24)20(25)21(26)19(15)18/h1-5,12-13,24-26H,6-11,22H2/b23-15-.